The molecule has 0 aliphatic carbocycles. The molecule has 0 saturated carbocycles. The first-order chi connectivity index (χ1) is 8.59. The molecule has 0 saturated heterocycles. The third-order valence-corrected chi connectivity index (χ3v) is 10.9. The second-order valence-electron chi connectivity index (χ2n) is 6.48. The van der Waals surface area contributed by atoms with Gasteiger partial charge in [0.1, 0.15) is 0 Å². The molecule has 2 radical (unpaired) electrons. The molecule has 0 aliphatic heterocycles. The summed E-state index contributed by atoms with van der Waals surface area (Å²) < 4.78 is 7.09. The maximum absolute atomic E-state index is 2.39. The Hall–Kier alpha value is 0.896. The Balaban J connectivity index is 0. The molecule has 0 spiro atoms. The van der Waals surface area contributed by atoms with Crippen LogP contribution in [0.4, 0.5) is 0 Å². The number of hydrogen-bond donors (Lipinski definition) is 0. The summed E-state index contributed by atoms with van der Waals surface area (Å²) in [5, 5.41) is 0. The SMILES string of the molecule is CC(C)CCC[Si](C)C.C[N](C)[Sn]([N](C)C)[N](C)C. The molecule has 0 amide bonds. The van der Waals surface area contributed by atoms with E-state index in [-0.39, 0.29) is 8.80 Å². The Morgan fingerprint density at radius 2 is 1.21 bits per heavy atom. The van der Waals surface area contributed by atoms with Crippen LogP contribution in [0.1, 0.15) is 26.7 Å². The van der Waals surface area contributed by atoms with Gasteiger partial charge in [-0.3, -0.25) is 0 Å². The first-order valence-corrected chi connectivity index (χ1v) is 13.8. The average molecular weight is 394 g/mol. The molecule has 5 heteroatoms. The third kappa shape index (κ3) is 15.1. The van der Waals surface area contributed by atoms with E-state index in [1.54, 1.807) is 0 Å². The van der Waals surface area contributed by atoms with E-state index in [1.807, 2.05) is 0 Å². The molecule has 19 heavy (non-hydrogen) atoms. The molecule has 0 rings (SSSR count). The zero-order valence-corrected chi connectivity index (χ0v) is 18.9. The summed E-state index contributed by atoms with van der Waals surface area (Å²) in [6, 6.07) is 1.50. The second-order valence-corrected chi connectivity index (χ2v) is 18.8. The number of rotatable bonds is 7. The van der Waals surface area contributed by atoms with Crippen LogP contribution in [0.3, 0.4) is 0 Å². The predicted molar refractivity (Wildman–Crippen MR) is 93.2 cm³/mol. The van der Waals surface area contributed by atoms with Gasteiger partial charge in [-0.25, -0.2) is 0 Å². The van der Waals surface area contributed by atoms with Crippen molar-refractivity contribution in [1.29, 1.82) is 0 Å². The van der Waals surface area contributed by atoms with Crippen molar-refractivity contribution in [3.8, 4) is 0 Å². The molecule has 0 unspecified atom stereocenters. The fraction of sp³-hybridized carbons (Fsp3) is 1.00. The normalized spacial score (nSPS) is 12.0. The van der Waals surface area contributed by atoms with Gasteiger partial charge in [-0.05, 0) is 5.92 Å². The Morgan fingerprint density at radius 3 is 1.37 bits per heavy atom. The summed E-state index contributed by atoms with van der Waals surface area (Å²) in [5.74, 6) is 0.909. The molecule has 0 N–H and O–H groups in total. The van der Waals surface area contributed by atoms with Crippen molar-refractivity contribution in [3.63, 3.8) is 0 Å². The summed E-state index contributed by atoms with van der Waals surface area (Å²) >= 11 is -1.51. The summed E-state index contributed by atoms with van der Waals surface area (Å²) in [4.78, 5) is 0. The van der Waals surface area contributed by atoms with Gasteiger partial charge in [0.25, 0.3) is 0 Å². The minimum atomic E-state index is -1.51. The quantitative estimate of drug-likeness (QED) is 0.615. The van der Waals surface area contributed by atoms with E-state index in [2.05, 4.69) is 78.6 Å². The van der Waals surface area contributed by atoms with Crippen LogP contribution in [-0.2, 0) is 0 Å². The Morgan fingerprint density at radius 1 is 0.842 bits per heavy atom. The van der Waals surface area contributed by atoms with Gasteiger partial charge < -0.3 is 0 Å². The van der Waals surface area contributed by atoms with E-state index in [9.17, 15) is 0 Å². The van der Waals surface area contributed by atoms with Gasteiger partial charge in [-0.15, -0.1) is 0 Å². The first-order valence-electron chi connectivity index (χ1n) is 7.27. The topological polar surface area (TPSA) is 9.72 Å². The molecule has 0 atom stereocenters. The van der Waals surface area contributed by atoms with Crippen molar-refractivity contribution in [1.82, 2.24) is 9.36 Å². The molecular weight excluding hydrogens is 357 g/mol. The van der Waals surface area contributed by atoms with Crippen molar-refractivity contribution in [2.24, 2.45) is 5.92 Å². The number of hydrogen-bond acceptors (Lipinski definition) is 3. The molecule has 3 nitrogen and oxygen atoms in total. The van der Waals surface area contributed by atoms with Crippen LogP contribution >= 0.6 is 0 Å². The van der Waals surface area contributed by atoms with Crippen LogP contribution in [0.25, 0.3) is 0 Å². The van der Waals surface area contributed by atoms with Gasteiger partial charge in [-0.1, -0.05) is 45.8 Å². The summed E-state index contributed by atoms with van der Waals surface area (Å²) in [5.41, 5.74) is 0. The van der Waals surface area contributed by atoms with Crippen LogP contribution < -0.4 is 0 Å². The van der Waals surface area contributed by atoms with E-state index in [0.717, 1.165) is 5.92 Å². The summed E-state index contributed by atoms with van der Waals surface area (Å²) in [7, 11) is 13.0. The molecule has 0 aromatic heterocycles. The van der Waals surface area contributed by atoms with Crippen molar-refractivity contribution in [2.75, 3.05) is 42.3 Å². The molecular formula is C14H37N3SiSn. The van der Waals surface area contributed by atoms with Gasteiger partial charge in [0, 0.05) is 8.80 Å². The van der Waals surface area contributed by atoms with E-state index in [4.69, 9.17) is 0 Å². The molecule has 116 valence electrons. The summed E-state index contributed by atoms with van der Waals surface area (Å²) in [6.45, 7) is 9.39. The van der Waals surface area contributed by atoms with Crippen LogP contribution in [-0.4, -0.2) is 81.0 Å². The van der Waals surface area contributed by atoms with Gasteiger partial charge in [-0.2, -0.15) is 0 Å². The Kier molecular flexibility index (Phi) is 14.7. The van der Waals surface area contributed by atoms with Gasteiger partial charge in [0.2, 0.25) is 0 Å². The van der Waals surface area contributed by atoms with Crippen LogP contribution in [0, 0.1) is 5.92 Å². The van der Waals surface area contributed by atoms with Crippen molar-refractivity contribution < 1.29 is 0 Å². The zero-order chi connectivity index (χ0) is 15.6. The fourth-order valence-corrected chi connectivity index (χ4v) is 9.82. The van der Waals surface area contributed by atoms with E-state index in [1.165, 1.54) is 18.9 Å². The molecule has 0 aliphatic rings. The fourth-order valence-electron chi connectivity index (χ4n) is 2.06. The molecule has 0 aromatic rings. The standard InChI is InChI=1S/C8H19Si.3C2H6N.Sn/c1-8(2)6-5-7-9(3)4;3*1-3-2;/h8H,5-7H2,1-4H3;3*1-2H3;/q;3*-1;+3. The maximum atomic E-state index is 2.39. The van der Waals surface area contributed by atoms with Crippen molar-refractivity contribution >= 4 is 29.4 Å². The molecule has 0 aromatic carbocycles. The van der Waals surface area contributed by atoms with Gasteiger partial charge >= 0.3 is 72.2 Å². The third-order valence-electron chi connectivity index (χ3n) is 2.66. The zero-order valence-electron chi connectivity index (χ0n) is 15.0. The second kappa shape index (κ2) is 12.6. The van der Waals surface area contributed by atoms with E-state index in [0.29, 0.717) is 0 Å². The molecule has 0 fully saturated rings. The van der Waals surface area contributed by atoms with Gasteiger partial charge in [0.05, 0.1) is 0 Å². The molecule has 0 bridgehead atoms. The van der Waals surface area contributed by atoms with Crippen LogP contribution in [0.2, 0.25) is 19.1 Å². The van der Waals surface area contributed by atoms with E-state index < -0.39 is 20.6 Å². The Labute approximate surface area is 132 Å². The predicted octanol–water partition coefficient (Wildman–Crippen LogP) is 2.83. The van der Waals surface area contributed by atoms with Gasteiger partial charge in [0.15, 0.2) is 0 Å². The van der Waals surface area contributed by atoms with E-state index >= 15 is 0 Å². The minimum absolute atomic E-state index is 0.0697. The molecule has 0 heterocycles. The average Bonchev–Trinajstić information content (AvgIpc) is 2.14. The van der Waals surface area contributed by atoms with Crippen molar-refractivity contribution in [3.05, 3.63) is 0 Å². The monoisotopic (exact) mass is 395 g/mol. The van der Waals surface area contributed by atoms with Crippen LogP contribution in [0.15, 0.2) is 0 Å². The first kappa shape index (κ1) is 22.2. The number of nitrogens with zero attached hydrogens (tertiary/aromatic N) is 3. The Bertz CT molecular complexity index is 170. The summed E-state index contributed by atoms with van der Waals surface area (Å²) in [6.07, 6.45) is 2.88. The van der Waals surface area contributed by atoms with Crippen molar-refractivity contribution in [2.45, 2.75) is 45.8 Å². The van der Waals surface area contributed by atoms with Crippen LogP contribution in [0.5, 0.6) is 0 Å².